The highest BCUT2D eigenvalue weighted by atomic mass is 35.5. The van der Waals surface area contributed by atoms with Crippen LogP contribution in [-0.4, -0.2) is 58.4 Å². The summed E-state index contributed by atoms with van der Waals surface area (Å²) in [5.74, 6) is 2.28. The molecule has 1 aromatic rings. The molecular formula is C15H16Cl2O5S. The smallest absolute Gasteiger partial charge is 0.136 e. The zero-order chi connectivity index (χ0) is 17.0. The molecule has 1 heterocycles. The van der Waals surface area contributed by atoms with E-state index in [0.717, 1.165) is 0 Å². The van der Waals surface area contributed by atoms with Crippen molar-refractivity contribution in [2.24, 2.45) is 0 Å². The van der Waals surface area contributed by atoms with E-state index in [1.165, 1.54) is 11.8 Å². The van der Waals surface area contributed by atoms with Gasteiger partial charge < -0.3 is 24.8 Å². The Kier molecular flexibility index (Phi) is 7.01. The van der Waals surface area contributed by atoms with Crippen molar-refractivity contribution in [2.45, 2.75) is 34.7 Å². The first-order valence-electron chi connectivity index (χ1n) is 6.77. The van der Waals surface area contributed by atoms with Crippen LogP contribution in [0.5, 0.6) is 0 Å². The Morgan fingerprint density at radius 2 is 2.00 bits per heavy atom. The van der Waals surface area contributed by atoms with Crippen molar-refractivity contribution in [1.29, 1.82) is 0 Å². The van der Waals surface area contributed by atoms with Crippen LogP contribution in [0.4, 0.5) is 0 Å². The van der Waals surface area contributed by atoms with Gasteiger partial charge >= 0.3 is 0 Å². The van der Waals surface area contributed by atoms with Crippen LogP contribution in [0.2, 0.25) is 10.0 Å². The van der Waals surface area contributed by atoms with Gasteiger partial charge in [0.25, 0.3) is 0 Å². The fourth-order valence-corrected chi connectivity index (χ4v) is 3.63. The standard InChI is InChI=1S/C15H16Cl2O5S/c1-2-5-21-14-12(19)11(7-18)22-15(13(14)20)23-8-3-4-9(16)10(17)6-8/h1,3-4,6,11-15,18-20H,5,7H2. The molecule has 0 saturated carbocycles. The number of aliphatic hydroxyl groups excluding tert-OH is 3. The SMILES string of the molecule is C#CCOC1C(O)C(CO)OC(Sc2ccc(Cl)c(Cl)c2)C1O. The Hall–Kier alpha value is -0.490. The summed E-state index contributed by atoms with van der Waals surface area (Å²) in [7, 11) is 0. The van der Waals surface area contributed by atoms with Gasteiger partial charge in [-0.3, -0.25) is 0 Å². The Morgan fingerprint density at radius 3 is 2.61 bits per heavy atom. The molecule has 0 aromatic heterocycles. The van der Waals surface area contributed by atoms with Gasteiger partial charge in [0.05, 0.1) is 16.7 Å². The van der Waals surface area contributed by atoms with Crippen molar-refractivity contribution in [3.05, 3.63) is 28.2 Å². The fourth-order valence-electron chi connectivity index (χ4n) is 2.18. The summed E-state index contributed by atoms with van der Waals surface area (Å²) in [6.45, 7) is -0.483. The highest BCUT2D eigenvalue weighted by Crippen LogP contribution is 2.36. The van der Waals surface area contributed by atoms with Crippen LogP contribution < -0.4 is 0 Å². The summed E-state index contributed by atoms with van der Waals surface area (Å²) >= 11 is 13.0. The molecule has 0 aliphatic carbocycles. The van der Waals surface area contributed by atoms with Gasteiger partial charge in [0.1, 0.15) is 36.5 Å². The van der Waals surface area contributed by atoms with E-state index in [-0.39, 0.29) is 6.61 Å². The molecule has 3 N–H and O–H groups in total. The average Bonchev–Trinajstić information content (AvgIpc) is 2.53. The molecule has 1 fully saturated rings. The molecule has 2 rings (SSSR count). The highest BCUT2D eigenvalue weighted by Gasteiger charge is 2.45. The number of thioether (sulfide) groups is 1. The second-order valence-corrected chi connectivity index (χ2v) is 6.87. The monoisotopic (exact) mass is 378 g/mol. The van der Waals surface area contributed by atoms with Crippen LogP contribution in [0.25, 0.3) is 0 Å². The molecule has 5 unspecified atom stereocenters. The number of hydrogen-bond donors (Lipinski definition) is 3. The molecule has 126 valence electrons. The fraction of sp³-hybridized carbons (Fsp3) is 0.467. The van der Waals surface area contributed by atoms with Gasteiger partial charge in [-0.15, -0.1) is 6.42 Å². The number of ether oxygens (including phenoxy) is 2. The van der Waals surface area contributed by atoms with Crippen LogP contribution in [0.3, 0.4) is 0 Å². The molecule has 1 aliphatic heterocycles. The quantitative estimate of drug-likeness (QED) is 0.674. The molecule has 0 bridgehead atoms. The Bertz CT molecular complexity index is 579. The van der Waals surface area contributed by atoms with Gasteiger partial charge in [-0.1, -0.05) is 40.9 Å². The number of rotatable bonds is 5. The number of hydrogen-bond acceptors (Lipinski definition) is 6. The van der Waals surface area contributed by atoms with Gasteiger partial charge in [-0.2, -0.15) is 0 Å². The summed E-state index contributed by atoms with van der Waals surface area (Å²) in [6.07, 6.45) is 0.969. The predicted molar refractivity (Wildman–Crippen MR) is 88.7 cm³/mol. The average molecular weight is 379 g/mol. The first-order valence-corrected chi connectivity index (χ1v) is 8.40. The summed E-state index contributed by atoms with van der Waals surface area (Å²) in [5.41, 5.74) is -0.768. The van der Waals surface area contributed by atoms with Crippen molar-refractivity contribution in [2.75, 3.05) is 13.2 Å². The van der Waals surface area contributed by atoms with Crippen LogP contribution in [-0.2, 0) is 9.47 Å². The third-order valence-corrected chi connectivity index (χ3v) is 5.21. The molecule has 5 nitrogen and oxygen atoms in total. The molecule has 8 heteroatoms. The molecule has 0 radical (unpaired) electrons. The molecule has 0 spiro atoms. The van der Waals surface area contributed by atoms with Gasteiger partial charge in [0.15, 0.2) is 0 Å². The summed E-state index contributed by atoms with van der Waals surface area (Å²) < 4.78 is 10.9. The molecular weight excluding hydrogens is 363 g/mol. The second kappa shape index (κ2) is 8.56. The van der Waals surface area contributed by atoms with Crippen molar-refractivity contribution in [3.8, 4) is 12.3 Å². The predicted octanol–water partition coefficient (Wildman–Crippen LogP) is 1.54. The van der Waals surface area contributed by atoms with E-state index < -0.39 is 36.5 Å². The minimum Gasteiger partial charge on any atom is -0.394 e. The van der Waals surface area contributed by atoms with Crippen molar-refractivity contribution in [3.63, 3.8) is 0 Å². The van der Waals surface area contributed by atoms with Crippen LogP contribution >= 0.6 is 35.0 Å². The number of benzene rings is 1. The molecule has 1 aliphatic rings. The summed E-state index contributed by atoms with van der Waals surface area (Å²) in [5, 5.41) is 30.6. The maximum atomic E-state index is 10.4. The Morgan fingerprint density at radius 1 is 1.26 bits per heavy atom. The Balaban J connectivity index is 2.15. The van der Waals surface area contributed by atoms with Gasteiger partial charge in [0.2, 0.25) is 0 Å². The second-order valence-electron chi connectivity index (χ2n) is 4.88. The topological polar surface area (TPSA) is 79.2 Å². The van der Waals surface area contributed by atoms with Crippen molar-refractivity contribution in [1.82, 2.24) is 0 Å². The molecule has 1 saturated heterocycles. The maximum Gasteiger partial charge on any atom is 0.136 e. The first-order chi connectivity index (χ1) is 11.0. The van der Waals surface area contributed by atoms with Crippen molar-refractivity contribution < 1.29 is 24.8 Å². The van der Waals surface area contributed by atoms with Crippen LogP contribution in [0.15, 0.2) is 23.1 Å². The summed E-state index contributed by atoms with van der Waals surface area (Å²) in [4.78, 5) is 0.715. The zero-order valence-electron chi connectivity index (χ0n) is 11.9. The van der Waals surface area contributed by atoms with E-state index in [2.05, 4.69) is 5.92 Å². The summed E-state index contributed by atoms with van der Waals surface area (Å²) in [6, 6.07) is 5.00. The van der Waals surface area contributed by atoms with Gasteiger partial charge in [-0.25, -0.2) is 0 Å². The third kappa shape index (κ3) is 4.53. The van der Waals surface area contributed by atoms with Crippen LogP contribution in [0, 0.1) is 12.3 Å². The maximum absolute atomic E-state index is 10.4. The molecule has 5 atom stereocenters. The van der Waals surface area contributed by atoms with Gasteiger partial charge in [-0.05, 0) is 18.2 Å². The molecule has 0 amide bonds. The number of aliphatic hydroxyl groups is 3. The van der Waals surface area contributed by atoms with E-state index in [0.29, 0.717) is 14.9 Å². The molecule has 23 heavy (non-hydrogen) atoms. The number of halogens is 2. The van der Waals surface area contributed by atoms with Gasteiger partial charge in [0, 0.05) is 4.90 Å². The van der Waals surface area contributed by atoms with E-state index >= 15 is 0 Å². The zero-order valence-corrected chi connectivity index (χ0v) is 14.3. The van der Waals surface area contributed by atoms with E-state index in [4.69, 9.17) is 39.1 Å². The molecule has 1 aromatic carbocycles. The highest BCUT2D eigenvalue weighted by molar-refractivity contribution is 7.99. The van der Waals surface area contributed by atoms with E-state index in [1.807, 2.05) is 0 Å². The first kappa shape index (κ1) is 18.8. The third-order valence-electron chi connectivity index (χ3n) is 3.32. The lowest BCUT2D eigenvalue weighted by Crippen LogP contribution is -2.58. The largest absolute Gasteiger partial charge is 0.394 e. The normalized spacial score (nSPS) is 30.9. The van der Waals surface area contributed by atoms with Crippen LogP contribution in [0.1, 0.15) is 0 Å². The minimum atomic E-state index is -1.19. The lowest BCUT2D eigenvalue weighted by Gasteiger charge is -2.41. The lowest BCUT2D eigenvalue weighted by atomic mass is 10.00. The lowest BCUT2D eigenvalue weighted by molar-refractivity contribution is -0.217. The Labute approximate surface area is 148 Å². The van der Waals surface area contributed by atoms with E-state index in [1.54, 1.807) is 18.2 Å². The van der Waals surface area contributed by atoms with E-state index in [9.17, 15) is 15.3 Å². The minimum absolute atomic E-state index is 0.0684. The number of terminal acetylenes is 1. The van der Waals surface area contributed by atoms with Crippen molar-refractivity contribution >= 4 is 35.0 Å².